The van der Waals surface area contributed by atoms with Crippen LogP contribution in [0.4, 0.5) is 0 Å². The summed E-state index contributed by atoms with van der Waals surface area (Å²) < 4.78 is 11.1. The number of aliphatic hydroxyl groups is 1. The first kappa shape index (κ1) is 18.9. The molecule has 2 amide bonds. The number of carbonyl (C=O) groups is 2. The highest BCUT2D eigenvalue weighted by molar-refractivity contribution is 5.87. The molecule has 0 aromatic heterocycles. The number of carbonyl (C=O) groups excluding carboxylic acids is 2. The number of hydrogen-bond acceptors (Lipinski definition) is 5. The highest BCUT2D eigenvalue weighted by Crippen LogP contribution is 2.42. The van der Waals surface area contributed by atoms with Gasteiger partial charge in [-0.25, -0.2) is 0 Å². The Kier molecular flexibility index (Phi) is 4.75. The summed E-state index contributed by atoms with van der Waals surface area (Å²) in [6, 6.07) is 7.37. The number of benzene rings is 1. The van der Waals surface area contributed by atoms with E-state index in [9.17, 15) is 14.7 Å². The Morgan fingerprint density at radius 3 is 2.38 bits per heavy atom. The molecule has 0 bridgehead atoms. The fourth-order valence-corrected chi connectivity index (χ4v) is 5.38. The van der Waals surface area contributed by atoms with Crippen LogP contribution in [0.15, 0.2) is 24.3 Å². The first-order chi connectivity index (χ1) is 14.0. The number of fused-ring (bicyclic) bond motifs is 1. The summed E-state index contributed by atoms with van der Waals surface area (Å²) in [5.41, 5.74) is 0.902. The van der Waals surface area contributed by atoms with E-state index in [0.29, 0.717) is 24.9 Å². The van der Waals surface area contributed by atoms with Crippen molar-refractivity contribution in [1.82, 2.24) is 9.80 Å². The summed E-state index contributed by atoms with van der Waals surface area (Å²) in [5.74, 6) is 1.41. The third kappa shape index (κ3) is 3.40. The van der Waals surface area contributed by atoms with Crippen molar-refractivity contribution in [2.24, 2.45) is 11.8 Å². The normalized spacial score (nSPS) is 34.4. The molecule has 5 atom stereocenters. The molecule has 2 saturated carbocycles. The molecule has 4 aliphatic rings. The van der Waals surface area contributed by atoms with Gasteiger partial charge in [-0.05, 0) is 55.2 Å². The van der Waals surface area contributed by atoms with Crippen LogP contribution >= 0.6 is 0 Å². The molecule has 2 aliphatic carbocycles. The second kappa shape index (κ2) is 7.29. The molecule has 29 heavy (non-hydrogen) atoms. The lowest BCUT2D eigenvalue weighted by Gasteiger charge is -2.42. The van der Waals surface area contributed by atoms with E-state index >= 15 is 0 Å². The third-order valence-electron chi connectivity index (χ3n) is 6.94. The summed E-state index contributed by atoms with van der Waals surface area (Å²) in [5, 5.41) is 9.89. The van der Waals surface area contributed by atoms with E-state index in [1.807, 2.05) is 34.1 Å². The largest absolute Gasteiger partial charge is 0.497 e. The second-order valence-corrected chi connectivity index (χ2v) is 8.87. The van der Waals surface area contributed by atoms with Gasteiger partial charge in [0.05, 0.1) is 19.3 Å². The number of rotatable bonds is 4. The standard InChI is InChI=1S/C22H28N2O5/c1-28-18-6-2-13(3-7-18)20-21(29-12-19(26)24(20)16-4-5-16)22(27)23-10-14-8-17(25)9-15(14)11-23/h2-3,6-7,14-17,20-21,25H,4-5,8-12H2,1H3/t14-,15+,17?,20-,21+/m1/s1. The Balaban J connectivity index is 1.42. The molecular weight excluding hydrogens is 372 g/mol. The zero-order valence-corrected chi connectivity index (χ0v) is 16.7. The van der Waals surface area contributed by atoms with Crippen LogP contribution in [-0.2, 0) is 14.3 Å². The van der Waals surface area contributed by atoms with Crippen molar-refractivity contribution in [2.75, 3.05) is 26.8 Å². The number of ether oxygens (including phenoxy) is 2. The van der Waals surface area contributed by atoms with Crippen molar-refractivity contribution in [2.45, 2.75) is 50.0 Å². The summed E-state index contributed by atoms with van der Waals surface area (Å²) in [7, 11) is 1.62. The maximum atomic E-state index is 13.5. The molecule has 156 valence electrons. The second-order valence-electron chi connectivity index (χ2n) is 8.87. The summed E-state index contributed by atoms with van der Waals surface area (Å²) in [6.07, 6.45) is 2.58. The van der Waals surface area contributed by atoms with Crippen molar-refractivity contribution in [3.8, 4) is 5.75 Å². The van der Waals surface area contributed by atoms with Gasteiger partial charge in [0.2, 0.25) is 5.91 Å². The monoisotopic (exact) mass is 400 g/mol. The van der Waals surface area contributed by atoms with Crippen molar-refractivity contribution < 1.29 is 24.2 Å². The Hall–Kier alpha value is -2.12. The van der Waals surface area contributed by atoms with E-state index in [1.165, 1.54) is 0 Å². The Morgan fingerprint density at radius 2 is 1.79 bits per heavy atom. The van der Waals surface area contributed by atoms with Crippen LogP contribution in [0.2, 0.25) is 0 Å². The Labute approximate surface area is 170 Å². The summed E-state index contributed by atoms with van der Waals surface area (Å²) in [4.78, 5) is 30.0. The highest BCUT2D eigenvalue weighted by Gasteiger charge is 2.50. The number of amides is 2. The van der Waals surface area contributed by atoms with Crippen molar-refractivity contribution in [3.05, 3.63) is 29.8 Å². The zero-order chi connectivity index (χ0) is 20.1. The van der Waals surface area contributed by atoms with Gasteiger partial charge in [-0.15, -0.1) is 0 Å². The fraction of sp³-hybridized carbons (Fsp3) is 0.636. The van der Waals surface area contributed by atoms with Gasteiger partial charge in [0, 0.05) is 19.1 Å². The Morgan fingerprint density at radius 1 is 1.14 bits per heavy atom. The number of hydrogen-bond donors (Lipinski definition) is 1. The van der Waals surface area contributed by atoms with Crippen LogP contribution in [-0.4, -0.2) is 71.8 Å². The molecule has 1 aromatic rings. The molecule has 7 nitrogen and oxygen atoms in total. The smallest absolute Gasteiger partial charge is 0.254 e. The minimum atomic E-state index is -0.689. The molecule has 7 heteroatoms. The van der Waals surface area contributed by atoms with E-state index in [0.717, 1.165) is 37.0 Å². The number of aliphatic hydroxyl groups excluding tert-OH is 1. The molecule has 0 radical (unpaired) electrons. The molecule has 2 saturated heterocycles. The third-order valence-corrected chi connectivity index (χ3v) is 6.94. The molecule has 1 aromatic carbocycles. The number of nitrogens with zero attached hydrogens (tertiary/aromatic N) is 2. The number of methoxy groups -OCH3 is 1. The van der Waals surface area contributed by atoms with Gasteiger partial charge < -0.3 is 24.4 Å². The van der Waals surface area contributed by atoms with E-state index in [2.05, 4.69) is 0 Å². The van der Waals surface area contributed by atoms with E-state index in [4.69, 9.17) is 9.47 Å². The summed E-state index contributed by atoms with van der Waals surface area (Å²) in [6.45, 7) is 1.30. The molecule has 5 rings (SSSR count). The number of likely N-dealkylation sites (tertiary alicyclic amines) is 1. The van der Waals surface area contributed by atoms with Gasteiger partial charge in [-0.3, -0.25) is 9.59 Å². The SMILES string of the molecule is COc1ccc([C@@H]2[C@@H](C(=O)N3C[C@H]4CC(O)C[C@H]4C3)OCC(=O)N2C2CC2)cc1. The van der Waals surface area contributed by atoms with Crippen molar-refractivity contribution in [1.29, 1.82) is 0 Å². The quantitative estimate of drug-likeness (QED) is 0.826. The summed E-state index contributed by atoms with van der Waals surface area (Å²) >= 11 is 0. The van der Waals surface area contributed by atoms with Gasteiger partial charge in [-0.2, -0.15) is 0 Å². The highest BCUT2D eigenvalue weighted by atomic mass is 16.5. The minimum absolute atomic E-state index is 0.0344. The minimum Gasteiger partial charge on any atom is -0.497 e. The van der Waals surface area contributed by atoms with Gasteiger partial charge in [0.1, 0.15) is 12.4 Å². The lowest BCUT2D eigenvalue weighted by atomic mass is 9.96. The fourth-order valence-electron chi connectivity index (χ4n) is 5.38. The van der Waals surface area contributed by atoms with Gasteiger partial charge in [-0.1, -0.05) is 12.1 Å². The lowest BCUT2D eigenvalue weighted by molar-refractivity contribution is -0.170. The van der Waals surface area contributed by atoms with E-state index in [-0.39, 0.29) is 30.6 Å². The first-order valence-electron chi connectivity index (χ1n) is 10.6. The van der Waals surface area contributed by atoms with Crippen molar-refractivity contribution >= 4 is 11.8 Å². The maximum Gasteiger partial charge on any atom is 0.254 e. The van der Waals surface area contributed by atoms with E-state index < -0.39 is 12.1 Å². The van der Waals surface area contributed by atoms with Gasteiger partial charge in [0.25, 0.3) is 5.91 Å². The van der Waals surface area contributed by atoms with Crippen LogP contribution < -0.4 is 4.74 Å². The van der Waals surface area contributed by atoms with Crippen LogP contribution in [0.5, 0.6) is 5.75 Å². The molecular formula is C22H28N2O5. The molecule has 1 N–H and O–H groups in total. The van der Waals surface area contributed by atoms with Crippen molar-refractivity contribution in [3.63, 3.8) is 0 Å². The van der Waals surface area contributed by atoms with Gasteiger partial charge >= 0.3 is 0 Å². The predicted molar refractivity (Wildman–Crippen MR) is 104 cm³/mol. The molecule has 2 aliphatic heterocycles. The van der Waals surface area contributed by atoms with E-state index in [1.54, 1.807) is 7.11 Å². The maximum absolute atomic E-state index is 13.5. The first-order valence-corrected chi connectivity index (χ1v) is 10.6. The molecule has 2 heterocycles. The van der Waals surface area contributed by atoms with Gasteiger partial charge in [0.15, 0.2) is 6.10 Å². The average molecular weight is 400 g/mol. The number of morpholine rings is 1. The van der Waals surface area contributed by atoms with Crippen LogP contribution in [0.1, 0.15) is 37.3 Å². The molecule has 4 fully saturated rings. The van der Waals surface area contributed by atoms with Crippen LogP contribution in [0, 0.1) is 11.8 Å². The van der Waals surface area contributed by atoms with Crippen LogP contribution in [0.3, 0.4) is 0 Å². The van der Waals surface area contributed by atoms with Crippen LogP contribution in [0.25, 0.3) is 0 Å². The zero-order valence-electron chi connectivity index (χ0n) is 16.7. The topological polar surface area (TPSA) is 79.3 Å². The predicted octanol–water partition coefficient (Wildman–Crippen LogP) is 1.36. The lowest BCUT2D eigenvalue weighted by Crippen LogP contribution is -2.55. The average Bonchev–Trinajstić information content (AvgIpc) is 3.39. The Bertz CT molecular complexity index is 779. The molecule has 1 unspecified atom stereocenters. The molecule has 0 spiro atoms.